The van der Waals surface area contributed by atoms with E-state index in [2.05, 4.69) is 21.2 Å². The third-order valence-corrected chi connectivity index (χ3v) is 4.25. The molecule has 0 saturated carbocycles. The third-order valence-electron chi connectivity index (χ3n) is 3.59. The van der Waals surface area contributed by atoms with Gasteiger partial charge in [-0.15, -0.1) is 0 Å². The van der Waals surface area contributed by atoms with Crippen LogP contribution in [0.2, 0.25) is 0 Å². The average molecular weight is 356 g/mol. The van der Waals surface area contributed by atoms with Gasteiger partial charge >= 0.3 is 0 Å². The van der Waals surface area contributed by atoms with Crippen LogP contribution in [0.15, 0.2) is 22.7 Å². The Morgan fingerprint density at radius 2 is 2.33 bits per heavy atom. The number of rotatable bonds is 5. The minimum absolute atomic E-state index is 0.0250. The van der Waals surface area contributed by atoms with E-state index in [0.29, 0.717) is 16.6 Å². The fourth-order valence-electron chi connectivity index (χ4n) is 2.54. The van der Waals surface area contributed by atoms with Gasteiger partial charge in [0.1, 0.15) is 0 Å². The van der Waals surface area contributed by atoms with E-state index >= 15 is 0 Å². The summed E-state index contributed by atoms with van der Waals surface area (Å²) in [6, 6.07) is 4.47. The van der Waals surface area contributed by atoms with Crippen LogP contribution < -0.4 is 5.32 Å². The van der Waals surface area contributed by atoms with Gasteiger partial charge in [0, 0.05) is 35.7 Å². The van der Waals surface area contributed by atoms with Crippen LogP contribution >= 0.6 is 15.9 Å². The lowest BCUT2D eigenvalue weighted by Gasteiger charge is -2.28. The Hall–Kier alpha value is -1.47. The van der Waals surface area contributed by atoms with Gasteiger partial charge < -0.3 is 10.2 Å². The topological polar surface area (TPSA) is 75.5 Å². The lowest BCUT2D eigenvalue weighted by molar-refractivity contribution is -0.384. The molecule has 1 aliphatic heterocycles. The lowest BCUT2D eigenvalue weighted by atomic mass is 10.1. The molecule has 6 nitrogen and oxygen atoms in total. The summed E-state index contributed by atoms with van der Waals surface area (Å²) in [5, 5.41) is 14.0. The van der Waals surface area contributed by atoms with Crippen molar-refractivity contribution in [3.05, 3.63) is 38.3 Å². The van der Waals surface area contributed by atoms with Gasteiger partial charge in [0.15, 0.2) is 0 Å². The zero-order valence-corrected chi connectivity index (χ0v) is 13.4. The minimum atomic E-state index is -0.469. The third kappa shape index (κ3) is 3.59. The number of nitro benzene ring substituents is 1. The summed E-state index contributed by atoms with van der Waals surface area (Å²) in [5.41, 5.74) is 0.448. The van der Waals surface area contributed by atoms with Crippen molar-refractivity contribution in [2.75, 3.05) is 19.6 Å². The number of nitro groups is 1. The van der Waals surface area contributed by atoms with Crippen molar-refractivity contribution in [3.8, 4) is 0 Å². The van der Waals surface area contributed by atoms with Crippen LogP contribution in [0.4, 0.5) is 5.69 Å². The number of hydrogen-bond acceptors (Lipinski definition) is 4. The maximum atomic E-state index is 12.7. The molecule has 1 unspecified atom stereocenters. The van der Waals surface area contributed by atoms with Crippen LogP contribution in [0.5, 0.6) is 0 Å². The summed E-state index contributed by atoms with van der Waals surface area (Å²) >= 11 is 3.28. The number of benzene rings is 1. The van der Waals surface area contributed by atoms with Crippen molar-refractivity contribution < 1.29 is 9.72 Å². The number of hydrogen-bond donors (Lipinski definition) is 1. The minimum Gasteiger partial charge on any atom is -0.334 e. The molecule has 7 heteroatoms. The number of halogens is 1. The Morgan fingerprint density at radius 3 is 2.86 bits per heavy atom. The Kier molecular flexibility index (Phi) is 5.30. The van der Waals surface area contributed by atoms with E-state index < -0.39 is 4.92 Å². The SMILES string of the molecule is CCCN(C(=O)c1ccc([N+](=O)[O-])cc1Br)C1CCNC1. The molecule has 0 aliphatic carbocycles. The summed E-state index contributed by atoms with van der Waals surface area (Å²) in [4.78, 5) is 24.9. The molecule has 0 aromatic heterocycles. The molecule has 1 atom stereocenters. The second kappa shape index (κ2) is 7.00. The predicted molar refractivity (Wildman–Crippen MR) is 83.4 cm³/mol. The number of carbonyl (C=O) groups is 1. The van der Waals surface area contributed by atoms with Crippen molar-refractivity contribution in [1.29, 1.82) is 0 Å². The smallest absolute Gasteiger partial charge is 0.270 e. The summed E-state index contributed by atoms with van der Waals surface area (Å²) in [6.45, 7) is 4.44. The molecule has 2 rings (SSSR count). The van der Waals surface area contributed by atoms with Crippen LogP contribution in [-0.2, 0) is 0 Å². The van der Waals surface area contributed by atoms with Gasteiger partial charge in [-0.1, -0.05) is 6.92 Å². The second-order valence-electron chi connectivity index (χ2n) is 5.07. The Morgan fingerprint density at radius 1 is 1.57 bits per heavy atom. The van der Waals surface area contributed by atoms with Gasteiger partial charge in [-0.05, 0) is 41.4 Å². The summed E-state index contributed by atoms with van der Waals surface area (Å²) < 4.78 is 0.466. The molecular formula is C14H18BrN3O3. The van der Waals surface area contributed by atoms with Gasteiger partial charge in [-0.3, -0.25) is 14.9 Å². The molecule has 0 bridgehead atoms. The Labute approximate surface area is 131 Å². The van der Waals surface area contributed by atoms with E-state index in [-0.39, 0.29) is 17.6 Å². The standard InChI is InChI=1S/C14H18BrN3O3/c1-2-7-17(11-5-6-16-9-11)14(19)12-4-3-10(18(20)21)8-13(12)15/h3-4,8,11,16H,2,5-7,9H2,1H3. The number of carbonyl (C=O) groups excluding carboxylic acids is 1. The van der Waals surface area contributed by atoms with E-state index in [0.717, 1.165) is 25.9 Å². The molecule has 21 heavy (non-hydrogen) atoms. The maximum absolute atomic E-state index is 12.7. The van der Waals surface area contributed by atoms with Crippen molar-refractivity contribution in [3.63, 3.8) is 0 Å². The molecular weight excluding hydrogens is 338 g/mol. The molecule has 1 amide bonds. The van der Waals surface area contributed by atoms with E-state index in [1.165, 1.54) is 18.2 Å². The molecule has 1 aliphatic rings. The van der Waals surface area contributed by atoms with E-state index in [1.54, 1.807) is 0 Å². The van der Waals surface area contributed by atoms with Crippen LogP contribution in [0, 0.1) is 10.1 Å². The normalized spacial score (nSPS) is 17.7. The molecule has 1 N–H and O–H groups in total. The fourth-order valence-corrected chi connectivity index (χ4v) is 3.08. The number of nitrogens with one attached hydrogen (secondary N) is 1. The zero-order valence-electron chi connectivity index (χ0n) is 11.8. The highest BCUT2D eigenvalue weighted by Crippen LogP contribution is 2.25. The van der Waals surface area contributed by atoms with Gasteiger partial charge in [0.05, 0.1) is 10.5 Å². The first kappa shape index (κ1) is 15.9. The van der Waals surface area contributed by atoms with Gasteiger partial charge in [-0.2, -0.15) is 0 Å². The quantitative estimate of drug-likeness (QED) is 0.650. The molecule has 1 heterocycles. The van der Waals surface area contributed by atoms with Crippen molar-refractivity contribution >= 4 is 27.5 Å². The highest BCUT2D eigenvalue weighted by Gasteiger charge is 2.28. The molecule has 1 saturated heterocycles. The van der Waals surface area contributed by atoms with Crippen LogP contribution in [0.1, 0.15) is 30.1 Å². The first-order valence-corrected chi connectivity index (χ1v) is 7.79. The van der Waals surface area contributed by atoms with E-state index in [4.69, 9.17) is 0 Å². The van der Waals surface area contributed by atoms with Crippen LogP contribution in [-0.4, -0.2) is 41.4 Å². The molecule has 1 aromatic rings. The lowest BCUT2D eigenvalue weighted by Crippen LogP contribution is -2.42. The molecule has 0 spiro atoms. The number of nitrogens with zero attached hydrogens (tertiary/aromatic N) is 2. The predicted octanol–water partition coefficient (Wildman–Crippen LogP) is 2.57. The molecule has 0 radical (unpaired) electrons. The van der Waals surface area contributed by atoms with E-state index in [1.807, 2.05) is 11.8 Å². The maximum Gasteiger partial charge on any atom is 0.270 e. The number of amides is 1. The largest absolute Gasteiger partial charge is 0.334 e. The van der Waals surface area contributed by atoms with Crippen LogP contribution in [0.3, 0.4) is 0 Å². The monoisotopic (exact) mass is 355 g/mol. The van der Waals surface area contributed by atoms with Gasteiger partial charge in [-0.25, -0.2) is 0 Å². The summed E-state index contributed by atoms with van der Waals surface area (Å²) in [6.07, 6.45) is 1.82. The fraction of sp³-hybridized carbons (Fsp3) is 0.500. The highest BCUT2D eigenvalue weighted by atomic mass is 79.9. The molecule has 1 aromatic carbocycles. The van der Waals surface area contributed by atoms with Gasteiger partial charge in [0.2, 0.25) is 0 Å². The van der Waals surface area contributed by atoms with Crippen LogP contribution in [0.25, 0.3) is 0 Å². The van der Waals surface area contributed by atoms with Gasteiger partial charge in [0.25, 0.3) is 11.6 Å². The summed E-state index contributed by atoms with van der Waals surface area (Å²) in [5.74, 6) is -0.0766. The Balaban J connectivity index is 2.25. The van der Waals surface area contributed by atoms with Crippen molar-refractivity contribution in [1.82, 2.24) is 10.2 Å². The average Bonchev–Trinajstić information content (AvgIpc) is 2.97. The van der Waals surface area contributed by atoms with Crippen molar-refractivity contribution in [2.45, 2.75) is 25.8 Å². The number of non-ortho nitro benzene ring substituents is 1. The van der Waals surface area contributed by atoms with Crippen molar-refractivity contribution in [2.24, 2.45) is 0 Å². The highest BCUT2D eigenvalue weighted by molar-refractivity contribution is 9.10. The Bertz CT molecular complexity index is 544. The molecule has 114 valence electrons. The first-order valence-electron chi connectivity index (χ1n) is 7.00. The summed E-state index contributed by atoms with van der Waals surface area (Å²) in [7, 11) is 0. The zero-order chi connectivity index (χ0) is 15.4. The molecule has 1 fully saturated rings. The first-order chi connectivity index (χ1) is 10.0. The van der Waals surface area contributed by atoms with E-state index in [9.17, 15) is 14.9 Å². The second-order valence-corrected chi connectivity index (χ2v) is 5.92.